The highest BCUT2D eigenvalue weighted by atomic mass is 79.9. The third kappa shape index (κ3) is 2.03. The third-order valence-corrected chi connectivity index (χ3v) is 3.26. The van der Waals surface area contributed by atoms with E-state index in [4.69, 9.17) is 0 Å². The first-order valence-corrected chi connectivity index (χ1v) is 5.75. The van der Waals surface area contributed by atoms with Gasteiger partial charge in [-0.05, 0) is 40.2 Å². The average molecular weight is 330 g/mol. The number of halogens is 2. The zero-order chi connectivity index (χ0) is 10.8. The van der Waals surface area contributed by atoms with Gasteiger partial charge in [0.05, 0.1) is 17.4 Å². The smallest absolute Gasteiger partial charge is 0.154 e. The fourth-order valence-electron chi connectivity index (χ4n) is 1.19. The number of hydrogen-bond acceptors (Lipinski definition) is 2. The molecule has 0 fully saturated rings. The second kappa shape index (κ2) is 4.28. The molecular formula is C10H6Br2N2O. The summed E-state index contributed by atoms with van der Waals surface area (Å²) >= 11 is 6.68. The number of benzene rings is 1. The van der Waals surface area contributed by atoms with Gasteiger partial charge in [0.15, 0.2) is 6.29 Å². The van der Waals surface area contributed by atoms with Crippen molar-refractivity contribution in [3.05, 3.63) is 45.1 Å². The molecule has 0 atom stereocenters. The lowest BCUT2D eigenvalue weighted by atomic mass is 10.3. The van der Waals surface area contributed by atoms with E-state index < -0.39 is 0 Å². The van der Waals surface area contributed by atoms with Crippen molar-refractivity contribution in [2.24, 2.45) is 0 Å². The van der Waals surface area contributed by atoms with Gasteiger partial charge >= 0.3 is 0 Å². The Morgan fingerprint density at radius 2 is 1.87 bits per heavy atom. The second-order valence-corrected chi connectivity index (χ2v) is 4.56. The van der Waals surface area contributed by atoms with Crippen LogP contribution >= 0.6 is 31.9 Å². The largest absolute Gasteiger partial charge is 0.298 e. The molecule has 0 N–H and O–H groups in total. The maximum absolute atomic E-state index is 10.6. The number of aldehydes is 1. The minimum atomic E-state index is 0.540. The quantitative estimate of drug-likeness (QED) is 0.793. The van der Waals surface area contributed by atoms with E-state index in [1.165, 1.54) is 6.20 Å². The highest BCUT2D eigenvalue weighted by Gasteiger charge is 2.08. The highest BCUT2D eigenvalue weighted by molar-refractivity contribution is 9.10. The topological polar surface area (TPSA) is 34.9 Å². The molecule has 0 spiro atoms. The monoisotopic (exact) mass is 328 g/mol. The van der Waals surface area contributed by atoms with E-state index >= 15 is 0 Å². The first-order valence-electron chi connectivity index (χ1n) is 4.17. The van der Waals surface area contributed by atoms with Crippen LogP contribution in [0.1, 0.15) is 10.4 Å². The molecule has 1 aromatic heterocycles. The van der Waals surface area contributed by atoms with E-state index in [9.17, 15) is 4.79 Å². The lowest BCUT2D eigenvalue weighted by molar-refractivity contribution is 0.112. The van der Waals surface area contributed by atoms with E-state index in [-0.39, 0.29) is 0 Å². The van der Waals surface area contributed by atoms with Gasteiger partial charge in [-0.1, -0.05) is 15.9 Å². The van der Waals surface area contributed by atoms with E-state index in [0.717, 1.165) is 16.4 Å². The molecule has 0 aliphatic heterocycles. The van der Waals surface area contributed by atoms with Crippen molar-refractivity contribution < 1.29 is 4.79 Å². The molecule has 0 radical (unpaired) electrons. The molecule has 1 heterocycles. The predicted octanol–water partition coefficient (Wildman–Crippen LogP) is 3.21. The van der Waals surface area contributed by atoms with Crippen LogP contribution < -0.4 is 0 Å². The second-order valence-electron chi connectivity index (χ2n) is 2.90. The maximum Gasteiger partial charge on any atom is 0.154 e. The van der Waals surface area contributed by atoms with Crippen molar-refractivity contribution in [2.75, 3.05) is 0 Å². The van der Waals surface area contributed by atoms with Crippen LogP contribution in [0.2, 0.25) is 0 Å². The number of carbonyl (C=O) groups excluding carboxylic acids is 1. The van der Waals surface area contributed by atoms with Gasteiger partial charge in [0, 0.05) is 4.47 Å². The maximum atomic E-state index is 10.6. The Hall–Kier alpha value is -0.940. The zero-order valence-electron chi connectivity index (χ0n) is 7.52. The third-order valence-electron chi connectivity index (χ3n) is 1.93. The molecule has 0 unspecified atom stereocenters. The summed E-state index contributed by atoms with van der Waals surface area (Å²) in [6, 6.07) is 7.67. The van der Waals surface area contributed by atoms with E-state index in [0.29, 0.717) is 10.2 Å². The fraction of sp³-hybridized carbons (Fsp3) is 0. The van der Waals surface area contributed by atoms with E-state index in [2.05, 4.69) is 37.0 Å². The van der Waals surface area contributed by atoms with Crippen molar-refractivity contribution in [1.82, 2.24) is 9.78 Å². The summed E-state index contributed by atoms with van der Waals surface area (Å²) < 4.78 is 3.33. The summed E-state index contributed by atoms with van der Waals surface area (Å²) in [5.74, 6) is 0. The molecule has 2 rings (SSSR count). The zero-order valence-corrected chi connectivity index (χ0v) is 10.7. The minimum Gasteiger partial charge on any atom is -0.298 e. The molecule has 0 saturated heterocycles. The summed E-state index contributed by atoms with van der Waals surface area (Å²) in [6.07, 6.45) is 2.30. The molecule has 0 saturated carbocycles. The molecule has 0 aliphatic rings. The van der Waals surface area contributed by atoms with Crippen LogP contribution in [-0.2, 0) is 0 Å². The Kier molecular flexibility index (Phi) is 3.02. The number of rotatable bonds is 2. The molecule has 1 aromatic carbocycles. The molecule has 2 aromatic rings. The van der Waals surface area contributed by atoms with Crippen LogP contribution in [0.25, 0.3) is 5.69 Å². The van der Waals surface area contributed by atoms with Gasteiger partial charge < -0.3 is 0 Å². The van der Waals surface area contributed by atoms with Crippen LogP contribution in [0, 0.1) is 0 Å². The Morgan fingerprint density at radius 3 is 2.40 bits per heavy atom. The summed E-state index contributed by atoms with van der Waals surface area (Å²) in [7, 11) is 0. The van der Waals surface area contributed by atoms with Crippen molar-refractivity contribution in [1.29, 1.82) is 0 Å². The Labute approximate surface area is 103 Å². The van der Waals surface area contributed by atoms with Crippen LogP contribution in [0.3, 0.4) is 0 Å². The van der Waals surface area contributed by atoms with Crippen LogP contribution in [0.15, 0.2) is 39.5 Å². The van der Waals surface area contributed by atoms with Gasteiger partial charge in [0.1, 0.15) is 4.60 Å². The number of nitrogens with zero attached hydrogens (tertiary/aromatic N) is 2. The van der Waals surface area contributed by atoms with Crippen LogP contribution in [0.4, 0.5) is 0 Å². The Balaban J connectivity index is 2.49. The van der Waals surface area contributed by atoms with E-state index in [1.807, 2.05) is 24.3 Å². The normalized spacial score (nSPS) is 10.3. The number of carbonyl (C=O) groups is 1. The van der Waals surface area contributed by atoms with Gasteiger partial charge in [0.2, 0.25) is 0 Å². The standard InChI is InChI=1S/C10H6Br2N2O/c11-8-1-3-9(4-2-8)14-10(12)7(6-15)5-13-14/h1-6H. The predicted molar refractivity (Wildman–Crippen MR) is 64.4 cm³/mol. The molecule has 0 bridgehead atoms. The Bertz CT molecular complexity index is 491. The molecule has 0 amide bonds. The molecule has 5 heteroatoms. The molecule has 76 valence electrons. The fourth-order valence-corrected chi connectivity index (χ4v) is 1.94. The van der Waals surface area contributed by atoms with Crippen LogP contribution in [0.5, 0.6) is 0 Å². The van der Waals surface area contributed by atoms with Crippen molar-refractivity contribution in [2.45, 2.75) is 0 Å². The Morgan fingerprint density at radius 1 is 1.20 bits per heavy atom. The molecule has 15 heavy (non-hydrogen) atoms. The molecule has 0 aliphatic carbocycles. The molecular weight excluding hydrogens is 324 g/mol. The number of aromatic nitrogens is 2. The average Bonchev–Trinajstić information content (AvgIpc) is 2.61. The van der Waals surface area contributed by atoms with Crippen LogP contribution in [-0.4, -0.2) is 16.1 Å². The van der Waals surface area contributed by atoms with Gasteiger partial charge in [-0.3, -0.25) is 4.79 Å². The molecule has 3 nitrogen and oxygen atoms in total. The first kappa shape index (κ1) is 10.6. The van der Waals surface area contributed by atoms with Gasteiger partial charge in [0.25, 0.3) is 0 Å². The van der Waals surface area contributed by atoms with Gasteiger partial charge in [-0.15, -0.1) is 0 Å². The van der Waals surface area contributed by atoms with Crippen molar-refractivity contribution in [3.63, 3.8) is 0 Å². The van der Waals surface area contributed by atoms with Gasteiger partial charge in [-0.25, -0.2) is 4.68 Å². The lowest BCUT2D eigenvalue weighted by Gasteiger charge is -2.02. The van der Waals surface area contributed by atoms with Crippen molar-refractivity contribution >= 4 is 38.1 Å². The summed E-state index contributed by atoms with van der Waals surface area (Å²) in [4.78, 5) is 10.6. The first-order chi connectivity index (χ1) is 7.22. The van der Waals surface area contributed by atoms with Crippen molar-refractivity contribution in [3.8, 4) is 5.69 Å². The summed E-state index contributed by atoms with van der Waals surface area (Å²) in [5.41, 5.74) is 1.44. The summed E-state index contributed by atoms with van der Waals surface area (Å²) in [6.45, 7) is 0. The lowest BCUT2D eigenvalue weighted by Crippen LogP contribution is -1.96. The van der Waals surface area contributed by atoms with E-state index in [1.54, 1.807) is 4.68 Å². The van der Waals surface area contributed by atoms with Gasteiger partial charge in [-0.2, -0.15) is 5.10 Å². The number of hydrogen-bond donors (Lipinski definition) is 0. The minimum absolute atomic E-state index is 0.540. The summed E-state index contributed by atoms with van der Waals surface area (Å²) in [5, 5.41) is 4.11. The SMILES string of the molecule is O=Cc1cnn(-c2ccc(Br)cc2)c1Br. The highest BCUT2D eigenvalue weighted by Crippen LogP contribution is 2.20.